The van der Waals surface area contributed by atoms with Crippen molar-refractivity contribution in [3.05, 3.63) is 59.2 Å². The molecule has 2 N–H and O–H groups in total. The molecule has 3 rings (SSSR count). The summed E-state index contributed by atoms with van der Waals surface area (Å²) in [6.45, 7) is 1.25. The summed E-state index contributed by atoms with van der Waals surface area (Å²) >= 11 is 0. The zero-order valence-electron chi connectivity index (χ0n) is 13.7. The van der Waals surface area contributed by atoms with E-state index in [4.69, 9.17) is 0 Å². The molecule has 0 aliphatic heterocycles. The van der Waals surface area contributed by atoms with E-state index in [0.29, 0.717) is 6.42 Å². The Morgan fingerprint density at radius 1 is 1.04 bits per heavy atom. The van der Waals surface area contributed by atoms with Crippen LogP contribution in [0, 0.1) is 11.6 Å². The molecule has 130 valence electrons. The number of amides is 2. The molecular formula is C19H18F2N2O2. The van der Waals surface area contributed by atoms with Crippen molar-refractivity contribution in [1.29, 1.82) is 0 Å². The Hall–Kier alpha value is -2.76. The van der Waals surface area contributed by atoms with Crippen molar-refractivity contribution in [2.75, 3.05) is 10.6 Å². The zero-order valence-corrected chi connectivity index (χ0v) is 13.7. The summed E-state index contributed by atoms with van der Waals surface area (Å²) in [5.41, 5.74) is 2.15. The molecule has 1 atom stereocenters. The van der Waals surface area contributed by atoms with E-state index >= 15 is 0 Å². The smallest absolute Gasteiger partial charge is 0.231 e. The van der Waals surface area contributed by atoms with Gasteiger partial charge in [-0.25, -0.2) is 8.78 Å². The Labute approximate surface area is 144 Å². The lowest BCUT2D eigenvalue weighted by Gasteiger charge is -2.25. The van der Waals surface area contributed by atoms with Crippen molar-refractivity contribution in [2.24, 2.45) is 0 Å². The minimum absolute atomic E-state index is 0.0313. The van der Waals surface area contributed by atoms with Gasteiger partial charge in [0, 0.05) is 19.1 Å². The van der Waals surface area contributed by atoms with Gasteiger partial charge in [-0.15, -0.1) is 0 Å². The van der Waals surface area contributed by atoms with Gasteiger partial charge in [-0.1, -0.05) is 24.3 Å². The molecule has 0 aromatic heterocycles. The van der Waals surface area contributed by atoms with Gasteiger partial charge in [-0.2, -0.15) is 0 Å². The molecular weight excluding hydrogens is 326 g/mol. The first-order valence-electron chi connectivity index (χ1n) is 8.11. The van der Waals surface area contributed by atoms with Crippen molar-refractivity contribution in [1.82, 2.24) is 0 Å². The van der Waals surface area contributed by atoms with Gasteiger partial charge < -0.3 is 10.6 Å². The standard InChI is InChI=1S/C19H18F2N2O2/c1-11(24)22-17-9-15(20)16(21)10-18(17)23-19(25)14-8-4-6-12-5-2-3-7-13(12)14/h2-3,5,7,9-10,14H,4,6,8H2,1H3,(H,22,24)(H,23,25)/t14-/m1/s1. The number of fused-ring (bicyclic) bond motifs is 1. The van der Waals surface area contributed by atoms with Crippen molar-refractivity contribution in [3.63, 3.8) is 0 Å². The Balaban J connectivity index is 1.89. The van der Waals surface area contributed by atoms with E-state index in [1.54, 1.807) is 0 Å². The molecule has 25 heavy (non-hydrogen) atoms. The predicted octanol–water partition coefficient (Wildman–Crippen LogP) is 3.98. The van der Waals surface area contributed by atoms with Gasteiger partial charge in [0.15, 0.2) is 11.6 Å². The topological polar surface area (TPSA) is 58.2 Å². The van der Waals surface area contributed by atoms with Crippen LogP contribution >= 0.6 is 0 Å². The highest BCUT2D eigenvalue weighted by atomic mass is 19.2. The second-order valence-electron chi connectivity index (χ2n) is 6.13. The van der Waals surface area contributed by atoms with Crippen molar-refractivity contribution in [3.8, 4) is 0 Å². The molecule has 2 aromatic carbocycles. The van der Waals surface area contributed by atoms with Crippen LogP contribution in [0.5, 0.6) is 0 Å². The fourth-order valence-electron chi connectivity index (χ4n) is 3.19. The number of benzene rings is 2. The van der Waals surface area contributed by atoms with E-state index in [9.17, 15) is 18.4 Å². The van der Waals surface area contributed by atoms with Crippen LogP contribution in [0.1, 0.15) is 36.8 Å². The van der Waals surface area contributed by atoms with E-state index in [0.717, 1.165) is 36.1 Å². The first-order valence-corrected chi connectivity index (χ1v) is 8.11. The number of carbonyl (C=O) groups excluding carboxylic acids is 2. The average Bonchev–Trinajstić information content (AvgIpc) is 2.58. The molecule has 0 radical (unpaired) electrons. The van der Waals surface area contributed by atoms with Crippen LogP contribution in [-0.2, 0) is 16.0 Å². The number of rotatable bonds is 3. The number of aryl methyl sites for hydroxylation is 1. The molecule has 2 amide bonds. The summed E-state index contributed by atoms with van der Waals surface area (Å²) < 4.78 is 27.0. The SMILES string of the molecule is CC(=O)Nc1cc(F)c(F)cc1NC(=O)[C@@H]1CCCc2ccccc21. The largest absolute Gasteiger partial charge is 0.324 e. The lowest BCUT2D eigenvalue weighted by Crippen LogP contribution is -2.25. The van der Waals surface area contributed by atoms with Crippen LogP contribution in [0.3, 0.4) is 0 Å². The summed E-state index contributed by atoms with van der Waals surface area (Å²) in [5, 5.41) is 5.04. The molecule has 0 heterocycles. The third-order valence-corrected chi connectivity index (χ3v) is 4.31. The van der Waals surface area contributed by atoms with Gasteiger partial charge in [-0.3, -0.25) is 9.59 Å². The monoisotopic (exact) mass is 344 g/mol. The summed E-state index contributed by atoms with van der Waals surface area (Å²) in [6.07, 6.45) is 2.48. The molecule has 2 aromatic rings. The van der Waals surface area contributed by atoms with Crippen molar-refractivity contribution >= 4 is 23.2 Å². The van der Waals surface area contributed by atoms with Crippen LogP contribution in [0.4, 0.5) is 20.2 Å². The predicted molar refractivity (Wildman–Crippen MR) is 91.4 cm³/mol. The fourth-order valence-corrected chi connectivity index (χ4v) is 3.19. The first-order chi connectivity index (χ1) is 12.0. The molecule has 0 bridgehead atoms. The maximum atomic E-state index is 13.6. The normalized spacial score (nSPS) is 16.0. The van der Waals surface area contributed by atoms with Crippen molar-refractivity contribution in [2.45, 2.75) is 32.1 Å². The van der Waals surface area contributed by atoms with Crippen molar-refractivity contribution < 1.29 is 18.4 Å². The molecule has 0 saturated carbocycles. The number of anilines is 2. The molecule has 0 unspecified atom stereocenters. The maximum Gasteiger partial charge on any atom is 0.231 e. The van der Waals surface area contributed by atoms with Gasteiger partial charge in [0.05, 0.1) is 17.3 Å². The lowest BCUT2D eigenvalue weighted by molar-refractivity contribution is -0.118. The third-order valence-electron chi connectivity index (χ3n) is 4.31. The highest BCUT2D eigenvalue weighted by molar-refractivity contribution is 6.01. The number of nitrogens with one attached hydrogen (secondary N) is 2. The second kappa shape index (κ2) is 7.01. The van der Waals surface area contributed by atoms with Gasteiger partial charge >= 0.3 is 0 Å². The molecule has 0 saturated heterocycles. The zero-order chi connectivity index (χ0) is 18.0. The van der Waals surface area contributed by atoms with E-state index in [-0.39, 0.29) is 23.2 Å². The maximum absolute atomic E-state index is 13.6. The van der Waals surface area contributed by atoms with Crippen LogP contribution < -0.4 is 10.6 Å². The van der Waals surface area contributed by atoms with Crippen LogP contribution in [0.15, 0.2) is 36.4 Å². The molecule has 0 spiro atoms. The van der Waals surface area contributed by atoms with Gasteiger partial charge in [0.2, 0.25) is 11.8 Å². The number of carbonyl (C=O) groups is 2. The summed E-state index contributed by atoms with van der Waals surface area (Å²) in [4.78, 5) is 24.0. The van der Waals surface area contributed by atoms with Crippen LogP contribution in [0.2, 0.25) is 0 Å². The van der Waals surface area contributed by atoms with Gasteiger partial charge in [0.25, 0.3) is 0 Å². The lowest BCUT2D eigenvalue weighted by atomic mass is 9.82. The molecule has 6 heteroatoms. The van der Waals surface area contributed by atoms with E-state index in [2.05, 4.69) is 10.6 Å². The van der Waals surface area contributed by atoms with Gasteiger partial charge in [-0.05, 0) is 30.4 Å². The second-order valence-corrected chi connectivity index (χ2v) is 6.13. The average molecular weight is 344 g/mol. The van der Waals surface area contributed by atoms with Crippen LogP contribution in [0.25, 0.3) is 0 Å². The highest BCUT2D eigenvalue weighted by Gasteiger charge is 2.27. The molecule has 1 aliphatic carbocycles. The third kappa shape index (κ3) is 3.68. The minimum Gasteiger partial charge on any atom is -0.324 e. The summed E-state index contributed by atoms with van der Waals surface area (Å²) in [7, 11) is 0. The highest BCUT2D eigenvalue weighted by Crippen LogP contribution is 2.33. The number of hydrogen-bond acceptors (Lipinski definition) is 2. The fraction of sp³-hybridized carbons (Fsp3) is 0.263. The quantitative estimate of drug-likeness (QED) is 0.885. The first kappa shape index (κ1) is 17.1. The summed E-state index contributed by atoms with van der Waals surface area (Å²) in [5.74, 6) is -3.28. The Bertz CT molecular complexity index is 836. The van der Waals surface area contributed by atoms with E-state index in [1.165, 1.54) is 6.92 Å². The van der Waals surface area contributed by atoms with Crippen LogP contribution in [-0.4, -0.2) is 11.8 Å². The number of hydrogen-bond donors (Lipinski definition) is 2. The molecule has 0 fully saturated rings. The van der Waals surface area contributed by atoms with Gasteiger partial charge in [0.1, 0.15) is 0 Å². The molecule has 1 aliphatic rings. The Kier molecular flexibility index (Phi) is 4.79. The molecule has 4 nitrogen and oxygen atoms in total. The Morgan fingerprint density at radius 2 is 1.68 bits per heavy atom. The number of halogens is 2. The minimum atomic E-state index is -1.09. The van der Waals surface area contributed by atoms with E-state index < -0.39 is 17.5 Å². The Morgan fingerprint density at radius 3 is 2.36 bits per heavy atom. The summed E-state index contributed by atoms with van der Waals surface area (Å²) in [6, 6.07) is 9.47. The van der Waals surface area contributed by atoms with E-state index in [1.807, 2.05) is 24.3 Å².